The summed E-state index contributed by atoms with van der Waals surface area (Å²) in [6, 6.07) is 14.7. The second-order valence-electron chi connectivity index (χ2n) is 4.21. The molecule has 0 bridgehead atoms. The Labute approximate surface area is 110 Å². The number of halogens is 3. The summed E-state index contributed by atoms with van der Waals surface area (Å²) >= 11 is 0. The van der Waals surface area contributed by atoms with Crippen molar-refractivity contribution >= 4 is 12.2 Å². The van der Waals surface area contributed by atoms with Gasteiger partial charge in [-0.15, -0.1) is 0 Å². The molecule has 19 heavy (non-hydrogen) atoms. The van der Waals surface area contributed by atoms with E-state index in [2.05, 4.69) is 12.1 Å². The molecule has 0 saturated heterocycles. The molecule has 0 aliphatic carbocycles. The summed E-state index contributed by atoms with van der Waals surface area (Å²) in [5.41, 5.74) is 1.72. The highest BCUT2D eigenvalue weighted by Crippen LogP contribution is 2.28. The third-order valence-corrected chi connectivity index (χ3v) is 2.61. The molecule has 0 N–H and O–H groups in total. The third-order valence-electron chi connectivity index (χ3n) is 2.61. The molecule has 96 valence electrons. The van der Waals surface area contributed by atoms with E-state index in [1.165, 1.54) is 6.07 Å². The Balaban J connectivity index is 2.21. The minimum absolute atomic E-state index is 0.451. The first-order chi connectivity index (χ1) is 8.95. The van der Waals surface area contributed by atoms with Gasteiger partial charge in [0.1, 0.15) is 5.56 Å². The Kier molecular flexibility index (Phi) is 3.62. The molecule has 0 aliphatic heterocycles. The zero-order valence-electron chi connectivity index (χ0n) is 10.3. The van der Waals surface area contributed by atoms with Crippen LogP contribution in [0.25, 0.3) is 12.2 Å². The summed E-state index contributed by atoms with van der Waals surface area (Å²) < 4.78 is 37.5. The number of hydrogen-bond acceptors (Lipinski definition) is 0. The van der Waals surface area contributed by atoms with Crippen LogP contribution in [0.5, 0.6) is 0 Å². The van der Waals surface area contributed by atoms with Crippen molar-refractivity contribution in [1.29, 1.82) is 0 Å². The number of aryl methyl sites for hydroxylation is 1. The van der Waals surface area contributed by atoms with Gasteiger partial charge in [-0.05, 0) is 30.2 Å². The molecular weight excluding hydrogens is 249 g/mol. The molecule has 2 aromatic rings. The lowest BCUT2D eigenvalue weighted by Crippen LogP contribution is -2.03. The van der Waals surface area contributed by atoms with Gasteiger partial charge in [0.2, 0.25) is 0 Å². The Morgan fingerprint density at radius 1 is 1.00 bits per heavy atom. The molecule has 0 spiro atoms. The van der Waals surface area contributed by atoms with Crippen molar-refractivity contribution in [2.24, 2.45) is 0 Å². The summed E-state index contributed by atoms with van der Waals surface area (Å²) in [4.78, 5) is 0. The third kappa shape index (κ3) is 3.62. The average molecular weight is 260 g/mol. The van der Waals surface area contributed by atoms with Crippen LogP contribution < -0.4 is 0 Å². The van der Waals surface area contributed by atoms with Gasteiger partial charge in [-0.3, -0.25) is 0 Å². The second-order valence-corrected chi connectivity index (χ2v) is 4.21. The van der Waals surface area contributed by atoms with E-state index < -0.39 is 11.7 Å². The van der Waals surface area contributed by atoms with Crippen LogP contribution in [0.15, 0.2) is 36.4 Å². The standard InChI is InChI=1S/C16H11F3/c1-12-5-7-13(8-6-12)9-10-14-3-2-4-15(11-14)16(17,18)19/h3,5-11H,1H3/b10-9+. The Bertz CT molecular complexity index is 578. The number of rotatable bonds is 2. The molecule has 0 unspecified atom stereocenters. The van der Waals surface area contributed by atoms with Crippen molar-refractivity contribution in [1.82, 2.24) is 0 Å². The van der Waals surface area contributed by atoms with Crippen molar-refractivity contribution in [2.45, 2.75) is 13.1 Å². The fourth-order valence-electron chi connectivity index (χ4n) is 1.56. The maximum atomic E-state index is 12.5. The fraction of sp³-hybridized carbons (Fsp3) is 0.125. The van der Waals surface area contributed by atoms with E-state index >= 15 is 0 Å². The van der Waals surface area contributed by atoms with Gasteiger partial charge in [0.05, 0.1) is 0 Å². The largest absolute Gasteiger partial charge is 0.424 e. The smallest absolute Gasteiger partial charge is 0.165 e. The van der Waals surface area contributed by atoms with Crippen LogP contribution in [-0.2, 0) is 6.18 Å². The quantitative estimate of drug-likeness (QED) is 0.728. The van der Waals surface area contributed by atoms with Crippen LogP contribution in [0.4, 0.5) is 13.2 Å². The molecule has 2 aromatic carbocycles. The monoisotopic (exact) mass is 260 g/mol. The van der Waals surface area contributed by atoms with Crippen LogP contribution in [0.2, 0.25) is 0 Å². The highest BCUT2D eigenvalue weighted by Gasteiger charge is 2.30. The fourth-order valence-corrected chi connectivity index (χ4v) is 1.56. The van der Waals surface area contributed by atoms with Crippen LogP contribution >= 0.6 is 0 Å². The van der Waals surface area contributed by atoms with E-state index in [9.17, 15) is 13.2 Å². The van der Waals surface area contributed by atoms with E-state index in [-0.39, 0.29) is 0 Å². The van der Waals surface area contributed by atoms with E-state index in [1.54, 1.807) is 12.2 Å². The van der Waals surface area contributed by atoms with E-state index in [1.807, 2.05) is 31.2 Å². The zero-order valence-corrected chi connectivity index (χ0v) is 10.3. The minimum atomic E-state index is -4.38. The SMILES string of the molecule is Cc1ccc(/C=C/c2cc#cc(C(F)(F)F)c2)cc1. The van der Waals surface area contributed by atoms with Crippen molar-refractivity contribution < 1.29 is 13.2 Å². The summed E-state index contributed by atoms with van der Waals surface area (Å²) in [6.45, 7) is 1.98. The predicted octanol–water partition coefficient (Wildman–Crippen LogP) is 4.78. The van der Waals surface area contributed by atoms with Gasteiger partial charge in [0.25, 0.3) is 0 Å². The highest BCUT2D eigenvalue weighted by atomic mass is 19.4. The van der Waals surface area contributed by atoms with Crippen molar-refractivity contribution in [3.63, 3.8) is 0 Å². The van der Waals surface area contributed by atoms with Crippen molar-refractivity contribution in [3.05, 3.63) is 70.8 Å². The zero-order chi connectivity index (χ0) is 13.9. The van der Waals surface area contributed by atoms with E-state index in [4.69, 9.17) is 0 Å². The molecule has 0 amide bonds. The van der Waals surface area contributed by atoms with Gasteiger partial charge in [0, 0.05) is 0 Å². The van der Waals surface area contributed by atoms with Gasteiger partial charge in [-0.25, -0.2) is 0 Å². The van der Waals surface area contributed by atoms with Crippen molar-refractivity contribution in [3.8, 4) is 0 Å². The van der Waals surface area contributed by atoms with E-state index in [0.717, 1.165) is 17.2 Å². The Morgan fingerprint density at radius 2 is 1.63 bits per heavy atom. The first kappa shape index (κ1) is 13.2. The minimum Gasteiger partial charge on any atom is -0.165 e. The van der Waals surface area contributed by atoms with Gasteiger partial charge in [-0.1, -0.05) is 54.1 Å². The molecule has 0 radical (unpaired) electrons. The number of alkyl halides is 3. The van der Waals surface area contributed by atoms with Gasteiger partial charge >= 0.3 is 6.18 Å². The Hall–Kier alpha value is -2.21. The lowest BCUT2D eigenvalue weighted by atomic mass is 10.1. The number of benzene rings is 1. The molecule has 0 fully saturated rings. The summed E-state index contributed by atoms with van der Waals surface area (Å²) in [6.07, 6.45) is -0.989. The summed E-state index contributed by atoms with van der Waals surface area (Å²) in [5, 5.41) is 0. The van der Waals surface area contributed by atoms with Crippen molar-refractivity contribution in [2.75, 3.05) is 0 Å². The van der Waals surface area contributed by atoms with Gasteiger partial charge in [0.15, 0.2) is 0 Å². The predicted molar refractivity (Wildman–Crippen MR) is 69.2 cm³/mol. The highest BCUT2D eigenvalue weighted by molar-refractivity contribution is 5.69. The molecular formula is C16H11F3. The van der Waals surface area contributed by atoms with Gasteiger partial charge < -0.3 is 0 Å². The van der Waals surface area contributed by atoms with Crippen LogP contribution in [-0.4, -0.2) is 0 Å². The van der Waals surface area contributed by atoms with Crippen LogP contribution in [0.3, 0.4) is 0 Å². The lowest BCUT2D eigenvalue weighted by Gasteiger charge is -2.03. The molecule has 0 aliphatic rings. The summed E-state index contributed by atoms with van der Waals surface area (Å²) in [7, 11) is 0. The molecule has 3 heteroatoms. The lowest BCUT2D eigenvalue weighted by molar-refractivity contribution is -0.137. The molecule has 2 rings (SSSR count). The molecule has 0 saturated carbocycles. The normalized spacial score (nSPS) is 11.6. The van der Waals surface area contributed by atoms with E-state index in [0.29, 0.717) is 5.56 Å². The second kappa shape index (κ2) is 5.19. The molecule has 0 heterocycles. The Morgan fingerprint density at radius 3 is 2.26 bits per heavy atom. The summed E-state index contributed by atoms with van der Waals surface area (Å²) in [5.74, 6) is 0. The maximum Gasteiger partial charge on any atom is 0.424 e. The van der Waals surface area contributed by atoms with Crippen LogP contribution in [0, 0.1) is 19.1 Å². The molecule has 0 nitrogen and oxygen atoms in total. The molecule has 0 aromatic heterocycles. The first-order valence-corrected chi connectivity index (χ1v) is 5.70. The van der Waals surface area contributed by atoms with Crippen LogP contribution in [0.1, 0.15) is 22.3 Å². The first-order valence-electron chi connectivity index (χ1n) is 5.70. The molecule has 0 atom stereocenters. The topological polar surface area (TPSA) is 0 Å². The number of hydrogen-bond donors (Lipinski definition) is 0. The van der Waals surface area contributed by atoms with Gasteiger partial charge in [-0.2, -0.15) is 13.2 Å². The maximum absolute atomic E-state index is 12.5. The average Bonchev–Trinajstić information content (AvgIpc) is 2.37.